The Labute approximate surface area is 138 Å². The summed E-state index contributed by atoms with van der Waals surface area (Å²) < 4.78 is 7.37. The second-order valence-electron chi connectivity index (χ2n) is 5.72. The fourth-order valence-electron chi connectivity index (χ4n) is 2.78. The predicted octanol–water partition coefficient (Wildman–Crippen LogP) is 3.69. The van der Waals surface area contributed by atoms with E-state index in [9.17, 15) is 4.79 Å². The number of hydrogen-bond donors (Lipinski definition) is 1. The van der Waals surface area contributed by atoms with E-state index in [-0.39, 0.29) is 11.9 Å². The summed E-state index contributed by atoms with van der Waals surface area (Å²) in [7, 11) is 0. The molecule has 1 amide bonds. The lowest BCUT2D eigenvalue weighted by Crippen LogP contribution is -2.23. The number of nitrogens with zero attached hydrogens (tertiary/aromatic N) is 3. The SMILES string of the molecule is Cc1nc2ccc(NC(=O)[C@H](C)n3cnc4ccccc43)cc2o1. The van der Waals surface area contributed by atoms with Crippen LogP contribution in [0.1, 0.15) is 18.9 Å². The van der Waals surface area contributed by atoms with Crippen LogP contribution in [0.2, 0.25) is 0 Å². The lowest BCUT2D eigenvalue weighted by Gasteiger charge is -2.14. The molecule has 0 saturated carbocycles. The van der Waals surface area contributed by atoms with Gasteiger partial charge in [0.1, 0.15) is 11.6 Å². The molecular formula is C18H16N4O2. The highest BCUT2D eigenvalue weighted by atomic mass is 16.3. The molecule has 4 aromatic rings. The van der Waals surface area contributed by atoms with E-state index in [4.69, 9.17) is 4.42 Å². The van der Waals surface area contributed by atoms with Crippen molar-refractivity contribution in [2.24, 2.45) is 0 Å². The van der Waals surface area contributed by atoms with Crippen molar-refractivity contribution >= 4 is 33.7 Å². The molecule has 0 spiro atoms. The minimum Gasteiger partial charge on any atom is -0.441 e. The third kappa shape index (κ3) is 2.42. The van der Waals surface area contributed by atoms with Crippen molar-refractivity contribution in [1.82, 2.24) is 14.5 Å². The Morgan fingerprint density at radius 1 is 1.21 bits per heavy atom. The zero-order chi connectivity index (χ0) is 16.7. The zero-order valence-corrected chi connectivity index (χ0v) is 13.4. The van der Waals surface area contributed by atoms with Crippen LogP contribution in [-0.2, 0) is 4.79 Å². The van der Waals surface area contributed by atoms with Crippen molar-refractivity contribution in [1.29, 1.82) is 0 Å². The molecule has 0 fully saturated rings. The molecule has 2 aromatic heterocycles. The number of nitrogens with one attached hydrogen (secondary N) is 1. The van der Waals surface area contributed by atoms with E-state index >= 15 is 0 Å². The third-order valence-electron chi connectivity index (χ3n) is 4.04. The summed E-state index contributed by atoms with van der Waals surface area (Å²) in [5.74, 6) is 0.487. The molecule has 120 valence electrons. The first-order valence-electron chi connectivity index (χ1n) is 7.71. The number of benzene rings is 2. The molecule has 2 heterocycles. The quantitative estimate of drug-likeness (QED) is 0.625. The van der Waals surface area contributed by atoms with Crippen LogP contribution >= 0.6 is 0 Å². The van der Waals surface area contributed by atoms with Gasteiger partial charge in [0.15, 0.2) is 11.5 Å². The number of rotatable bonds is 3. The second-order valence-corrected chi connectivity index (χ2v) is 5.72. The highest BCUT2D eigenvalue weighted by molar-refractivity contribution is 5.96. The van der Waals surface area contributed by atoms with Crippen LogP contribution in [0.5, 0.6) is 0 Å². The first-order valence-corrected chi connectivity index (χ1v) is 7.71. The van der Waals surface area contributed by atoms with Gasteiger partial charge in [-0.2, -0.15) is 0 Å². The van der Waals surface area contributed by atoms with Crippen molar-refractivity contribution in [2.45, 2.75) is 19.9 Å². The van der Waals surface area contributed by atoms with Crippen LogP contribution in [0.3, 0.4) is 0 Å². The van der Waals surface area contributed by atoms with Crippen LogP contribution in [0.25, 0.3) is 22.1 Å². The molecule has 0 bridgehead atoms. The highest BCUT2D eigenvalue weighted by Crippen LogP contribution is 2.22. The number of hydrogen-bond acceptors (Lipinski definition) is 4. The Balaban J connectivity index is 1.60. The van der Waals surface area contributed by atoms with Gasteiger partial charge in [-0.1, -0.05) is 12.1 Å². The second kappa shape index (κ2) is 5.49. The van der Waals surface area contributed by atoms with Crippen molar-refractivity contribution < 1.29 is 9.21 Å². The molecule has 6 nitrogen and oxygen atoms in total. The average molecular weight is 320 g/mol. The Bertz CT molecular complexity index is 1050. The summed E-state index contributed by atoms with van der Waals surface area (Å²) in [6.07, 6.45) is 1.69. The van der Waals surface area contributed by atoms with Gasteiger partial charge in [-0.3, -0.25) is 4.79 Å². The molecule has 24 heavy (non-hydrogen) atoms. The Morgan fingerprint density at radius 2 is 2.04 bits per heavy atom. The maximum atomic E-state index is 12.6. The summed E-state index contributed by atoms with van der Waals surface area (Å²) in [5, 5.41) is 2.92. The Hall–Kier alpha value is -3.15. The normalized spacial score (nSPS) is 12.6. The molecule has 6 heteroatoms. The molecule has 0 unspecified atom stereocenters. The number of aryl methyl sites for hydroxylation is 1. The van der Waals surface area contributed by atoms with Gasteiger partial charge in [0.25, 0.3) is 0 Å². The molecule has 0 saturated heterocycles. The van der Waals surface area contributed by atoms with Gasteiger partial charge in [-0.15, -0.1) is 0 Å². The highest BCUT2D eigenvalue weighted by Gasteiger charge is 2.17. The van der Waals surface area contributed by atoms with Crippen LogP contribution in [0.15, 0.2) is 53.2 Å². The minimum absolute atomic E-state index is 0.117. The molecule has 1 N–H and O–H groups in total. The molecule has 0 radical (unpaired) electrons. The number of carbonyl (C=O) groups excluding carboxylic acids is 1. The van der Waals surface area contributed by atoms with E-state index < -0.39 is 0 Å². The fourth-order valence-corrected chi connectivity index (χ4v) is 2.78. The maximum absolute atomic E-state index is 12.6. The minimum atomic E-state index is -0.385. The van der Waals surface area contributed by atoms with Gasteiger partial charge < -0.3 is 14.3 Å². The summed E-state index contributed by atoms with van der Waals surface area (Å²) in [5.41, 5.74) is 3.92. The van der Waals surface area contributed by atoms with Gasteiger partial charge in [0.05, 0.1) is 17.4 Å². The molecule has 0 aliphatic carbocycles. The topological polar surface area (TPSA) is 73.0 Å². The van der Waals surface area contributed by atoms with Crippen molar-refractivity contribution in [2.75, 3.05) is 5.32 Å². The molecular weight excluding hydrogens is 304 g/mol. The summed E-state index contributed by atoms with van der Waals surface area (Å²) >= 11 is 0. The lowest BCUT2D eigenvalue weighted by molar-refractivity contribution is -0.118. The predicted molar refractivity (Wildman–Crippen MR) is 91.8 cm³/mol. The van der Waals surface area contributed by atoms with Crippen LogP contribution in [0, 0.1) is 6.92 Å². The number of carbonyl (C=O) groups is 1. The fraction of sp³-hybridized carbons (Fsp3) is 0.167. The summed E-state index contributed by atoms with van der Waals surface area (Å²) in [4.78, 5) is 21.2. The summed E-state index contributed by atoms with van der Waals surface area (Å²) in [6, 6.07) is 12.8. The number of fused-ring (bicyclic) bond motifs is 2. The molecule has 0 aliphatic heterocycles. The van der Waals surface area contributed by atoms with E-state index in [0.717, 1.165) is 16.6 Å². The number of amides is 1. The number of anilines is 1. The smallest absolute Gasteiger partial charge is 0.247 e. The van der Waals surface area contributed by atoms with Crippen molar-refractivity contribution in [3.63, 3.8) is 0 Å². The zero-order valence-electron chi connectivity index (χ0n) is 13.4. The Kier molecular flexibility index (Phi) is 3.30. The number of oxazole rings is 1. The van der Waals surface area contributed by atoms with Gasteiger partial charge in [-0.05, 0) is 31.2 Å². The number of aromatic nitrogens is 3. The largest absolute Gasteiger partial charge is 0.441 e. The molecule has 0 aliphatic rings. The number of para-hydroxylation sites is 2. The summed E-state index contributed by atoms with van der Waals surface area (Å²) in [6.45, 7) is 3.64. The first-order chi connectivity index (χ1) is 11.6. The van der Waals surface area contributed by atoms with E-state index in [1.165, 1.54) is 0 Å². The van der Waals surface area contributed by atoms with E-state index in [1.807, 2.05) is 47.9 Å². The van der Waals surface area contributed by atoms with Crippen molar-refractivity contribution in [3.8, 4) is 0 Å². The van der Waals surface area contributed by atoms with E-state index in [0.29, 0.717) is 17.2 Å². The molecule has 4 rings (SSSR count). The van der Waals surface area contributed by atoms with Crippen LogP contribution in [-0.4, -0.2) is 20.4 Å². The van der Waals surface area contributed by atoms with E-state index in [2.05, 4.69) is 15.3 Å². The van der Waals surface area contributed by atoms with Gasteiger partial charge in [0, 0.05) is 18.7 Å². The van der Waals surface area contributed by atoms with Gasteiger partial charge >= 0.3 is 0 Å². The van der Waals surface area contributed by atoms with Crippen LogP contribution < -0.4 is 5.32 Å². The molecule has 1 atom stereocenters. The van der Waals surface area contributed by atoms with Crippen molar-refractivity contribution in [3.05, 3.63) is 54.7 Å². The van der Waals surface area contributed by atoms with Crippen LogP contribution in [0.4, 0.5) is 5.69 Å². The lowest BCUT2D eigenvalue weighted by atomic mass is 10.2. The van der Waals surface area contributed by atoms with Gasteiger partial charge in [-0.25, -0.2) is 9.97 Å². The monoisotopic (exact) mass is 320 g/mol. The molecule has 2 aromatic carbocycles. The standard InChI is InChI=1S/C18H16N4O2/c1-11(22-10-19-14-5-3-4-6-16(14)22)18(23)21-13-7-8-15-17(9-13)24-12(2)20-15/h3-11H,1-2H3,(H,21,23)/t11-/m0/s1. The number of imidazole rings is 1. The Morgan fingerprint density at radius 3 is 2.92 bits per heavy atom. The van der Waals surface area contributed by atoms with E-state index in [1.54, 1.807) is 19.3 Å². The first kappa shape index (κ1) is 14.4. The van der Waals surface area contributed by atoms with Gasteiger partial charge in [0.2, 0.25) is 5.91 Å². The third-order valence-corrected chi connectivity index (χ3v) is 4.04. The maximum Gasteiger partial charge on any atom is 0.247 e. The average Bonchev–Trinajstić information content (AvgIpc) is 3.16.